The summed E-state index contributed by atoms with van der Waals surface area (Å²) in [5.41, 5.74) is 1.25. The first-order chi connectivity index (χ1) is 8.67. The van der Waals surface area contributed by atoms with Crippen LogP contribution in [0.3, 0.4) is 0 Å². The molecule has 3 heteroatoms. The Morgan fingerprint density at radius 2 is 1.89 bits per heavy atom. The average Bonchev–Trinajstić information content (AvgIpc) is 2.39. The van der Waals surface area contributed by atoms with Crippen molar-refractivity contribution >= 4 is 17.7 Å². The van der Waals surface area contributed by atoms with E-state index in [-0.39, 0.29) is 5.91 Å². The summed E-state index contributed by atoms with van der Waals surface area (Å²) in [5.74, 6) is 0.789. The van der Waals surface area contributed by atoms with Gasteiger partial charge in [-0.1, -0.05) is 31.0 Å². The largest absolute Gasteiger partial charge is 0.342 e. The van der Waals surface area contributed by atoms with Gasteiger partial charge in [-0.15, -0.1) is 11.8 Å². The average molecular weight is 265 g/mol. The second-order valence-electron chi connectivity index (χ2n) is 4.43. The standard InChI is InChI=1S/C15H23NOS/c1-4-6-11-16(5-2)15(17)12-18-14-9-7-13(3)8-10-14/h7-10H,4-6,11-12H2,1-3H3. The fraction of sp³-hybridized carbons (Fsp3) is 0.533. The van der Waals surface area contributed by atoms with Crippen LogP contribution in [0.15, 0.2) is 29.2 Å². The normalized spacial score (nSPS) is 10.4. The maximum absolute atomic E-state index is 12.0. The van der Waals surface area contributed by atoms with Gasteiger partial charge in [-0.25, -0.2) is 0 Å². The molecule has 0 atom stereocenters. The molecule has 100 valence electrons. The molecular formula is C15H23NOS. The predicted octanol–water partition coefficient (Wildman–Crippen LogP) is 3.74. The van der Waals surface area contributed by atoms with Crippen LogP contribution in [-0.4, -0.2) is 29.6 Å². The number of carbonyl (C=O) groups is 1. The van der Waals surface area contributed by atoms with Crippen LogP contribution < -0.4 is 0 Å². The van der Waals surface area contributed by atoms with Crippen molar-refractivity contribution < 1.29 is 4.79 Å². The maximum atomic E-state index is 12.0. The summed E-state index contributed by atoms with van der Waals surface area (Å²) in [5, 5.41) is 0. The van der Waals surface area contributed by atoms with E-state index in [1.807, 2.05) is 11.8 Å². The Hall–Kier alpha value is -0.960. The van der Waals surface area contributed by atoms with E-state index in [9.17, 15) is 4.79 Å². The van der Waals surface area contributed by atoms with Crippen molar-refractivity contribution in [1.29, 1.82) is 0 Å². The van der Waals surface area contributed by atoms with E-state index in [1.165, 1.54) is 10.5 Å². The Morgan fingerprint density at radius 1 is 1.22 bits per heavy atom. The number of hydrogen-bond donors (Lipinski definition) is 0. The van der Waals surface area contributed by atoms with Crippen molar-refractivity contribution in [3.8, 4) is 0 Å². The Morgan fingerprint density at radius 3 is 2.44 bits per heavy atom. The van der Waals surface area contributed by atoms with Crippen LogP contribution >= 0.6 is 11.8 Å². The van der Waals surface area contributed by atoms with Crippen molar-refractivity contribution in [2.45, 2.75) is 38.5 Å². The van der Waals surface area contributed by atoms with Crippen molar-refractivity contribution in [2.24, 2.45) is 0 Å². The third-order valence-corrected chi connectivity index (χ3v) is 3.90. The van der Waals surface area contributed by atoms with E-state index in [4.69, 9.17) is 0 Å². The van der Waals surface area contributed by atoms with Gasteiger partial charge >= 0.3 is 0 Å². The van der Waals surface area contributed by atoms with Crippen molar-refractivity contribution in [2.75, 3.05) is 18.8 Å². The number of unbranched alkanes of at least 4 members (excludes halogenated alkanes) is 1. The molecule has 0 aliphatic heterocycles. The first-order valence-electron chi connectivity index (χ1n) is 6.64. The van der Waals surface area contributed by atoms with Crippen molar-refractivity contribution in [3.05, 3.63) is 29.8 Å². The summed E-state index contributed by atoms with van der Waals surface area (Å²) in [6.07, 6.45) is 2.23. The number of aryl methyl sites for hydroxylation is 1. The van der Waals surface area contributed by atoms with Crippen LogP contribution in [0.1, 0.15) is 32.3 Å². The Balaban J connectivity index is 2.41. The van der Waals surface area contributed by atoms with Gasteiger partial charge in [0.2, 0.25) is 5.91 Å². The zero-order valence-corrected chi connectivity index (χ0v) is 12.4. The number of rotatable bonds is 7. The number of amides is 1. The molecule has 0 aliphatic carbocycles. The van der Waals surface area contributed by atoms with Crippen LogP contribution in [0.25, 0.3) is 0 Å². The quantitative estimate of drug-likeness (QED) is 0.700. The van der Waals surface area contributed by atoms with Crippen LogP contribution in [0.5, 0.6) is 0 Å². The minimum atomic E-state index is 0.247. The van der Waals surface area contributed by atoms with E-state index in [0.717, 1.165) is 25.9 Å². The van der Waals surface area contributed by atoms with Gasteiger partial charge in [0.15, 0.2) is 0 Å². The van der Waals surface area contributed by atoms with E-state index in [1.54, 1.807) is 11.8 Å². The first-order valence-corrected chi connectivity index (χ1v) is 7.63. The molecule has 2 nitrogen and oxygen atoms in total. The molecule has 0 fully saturated rings. The summed E-state index contributed by atoms with van der Waals surface area (Å²) in [6, 6.07) is 8.33. The molecule has 0 aliphatic rings. The molecule has 18 heavy (non-hydrogen) atoms. The molecule has 0 bridgehead atoms. The topological polar surface area (TPSA) is 20.3 Å². The molecule has 1 aromatic rings. The minimum absolute atomic E-state index is 0.247. The van der Waals surface area contributed by atoms with Crippen LogP contribution in [0.4, 0.5) is 0 Å². The smallest absolute Gasteiger partial charge is 0.232 e. The van der Waals surface area contributed by atoms with Crippen molar-refractivity contribution in [3.63, 3.8) is 0 Å². The number of thioether (sulfide) groups is 1. The molecular weight excluding hydrogens is 242 g/mol. The summed E-state index contributed by atoms with van der Waals surface area (Å²) < 4.78 is 0. The van der Waals surface area contributed by atoms with Gasteiger partial charge < -0.3 is 4.90 Å². The Labute approximate surface area is 115 Å². The third kappa shape index (κ3) is 5.13. The molecule has 1 aromatic carbocycles. The number of hydrogen-bond acceptors (Lipinski definition) is 2. The second-order valence-corrected chi connectivity index (χ2v) is 5.48. The van der Waals surface area contributed by atoms with Gasteiger partial charge in [-0.2, -0.15) is 0 Å². The Kier molecular flexibility index (Phi) is 6.88. The lowest BCUT2D eigenvalue weighted by Crippen LogP contribution is -2.33. The van der Waals surface area contributed by atoms with E-state index < -0.39 is 0 Å². The number of carbonyl (C=O) groups excluding carboxylic acids is 1. The molecule has 0 unspecified atom stereocenters. The van der Waals surface area contributed by atoms with Gasteiger partial charge in [0.05, 0.1) is 5.75 Å². The third-order valence-electron chi connectivity index (χ3n) is 2.90. The monoisotopic (exact) mass is 265 g/mol. The zero-order chi connectivity index (χ0) is 13.4. The molecule has 0 N–H and O–H groups in total. The highest BCUT2D eigenvalue weighted by molar-refractivity contribution is 8.00. The SMILES string of the molecule is CCCCN(CC)C(=O)CSc1ccc(C)cc1. The molecule has 0 aromatic heterocycles. The molecule has 0 saturated carbocycles. The van der Waals surface area contributed by atoms with Gasteiger partial charge in [0, 0.05) is 18.0 Å². The lowest BCUT2D eigenvalue weighted by Gasteiger charge is -2.20. The fourth-order valence-electron chi connectivity index (χ4n) is 1.68. The van der Waals surface area contributed by atoms with Crippen LogP contribution in [0.2, 0.25) is 0 Å². The van der Waals surface area contributed by atoms with Gasteiger partial charge in [0.25, 0.3) is 0 Å². The Bertz CT molecular complexity index is 361. The molecule has 1 rings (SSSR count). The first kappa shape index (κ1) is 15.1. The molecule has 0 saturated heterocycles. The lowest BCUT2D eigenvalue weighted by atomic mass is 10.2. The maximum Gasteiger partial charge on any atom is 0.232 e. The number of nitrogens with zero attached hydrogens (tertiary/aromatic N) is 1. The summed E-state index contributed by atoms with van der Waals surface area (Å²) in [6.45, 7) is 7.97. The highest BCUT2D eigenvalue weighted by atomic mass is 32.2. The molecule has 0 spiro atoms. The summed E-state index contributed by atoms with van der Waals surface area (Å²) in [4.78, 5) is 15.1. The fourth-order valence-corrected chi connectivity index (χ4v) is 2.48. The zero-order valence-electron chi connectivity index (χ0n) is 11.6. The van der Waals surface area contributed by atoms with Crippen LogP contribution in [0, 0.1) is 6.92 Å². The highest BCUT2D eigenvalue weighted by Crippen LogP contribution is 2.18. The predicted molar refractivity (Wildman–Crippen MR) is 79.1 cm³/mol. The van der Waals surface area contributed by atoms with Crippen molar-refractivity contribution in [1.82, 2.24) is 4.90 Å². The van der Waals surface area contributed by atoms with E-state index >= 15 is 0 Å². The van der Waals surface area contributed by atoms with Gasteiger partial charge in [-0.3, -0.25) is 4.79 Å². The van der Waals surface area contributed by atoms with Crippen LogP contribution in [-0.2, 0) is 4.79 Å². The minimum Gasteiger partial charge on any atom is -0.342 e. The summed E-state index contributed by atoms with van der Waals surface area (Å²) >= 11 is 1.62. The van der Waals surface area contributed by atoms with E-state index in [0.29, 0.717) is 5.75 Å². The molecule has 0 heterocycles. The highest BCUT2D eigenvalue weighted by Gasteiger charge is 2.10. The lowest BCUT2D eigenvalue weighted by molar-refractivity contribution is -0.128. The van der Waals surface area contributed by atoms with Gasteiger partial charge in [-0.05, 0) is 32.4 Å². The number of benzene rings is 1. The molecule has 0 radical (unpaired) electrons. The second kappa shape index (κ2) is 8.20. The molecule has 1 amide bonds. The van der Waals surface area contributed by atoms with E-state index in [2.05, 4.69) is 38.1 Å². The summed E-state index contributed by atoms with van der Waals surface area (Å²) in [7, 11) is 0. The van der Waals surface area contributed by atoms with Gasteiger partial charge in [0.1, 0.15) is 0 Å².